The molecule has 5 aliphatic rings. The van der Waals surface area contributed by atoms with E-state index in [1.165, 1.54) is 48.8 Å². The molecule has 1 spiro atoms. The maximum atomic E-state index is 6.90. The van der Waals surface area contributed by atoms with Crippen molar-refractivity contribution < 1.29 is 4.74 Å². The molecule has 2 heterocycles. The van der Waals surface area contributed by atoms with Gasteiger partial charge < -0.3 is 4.74 Å². The lowest BCUT2D eigenvalue weighted by molar-refractivity contribution is -0.0452. The van der Waals surface area contributed by atoms with Crippen LogP contribution in [0.1, 0.15) is 43.2 Å². The topological polar surface area (TPSA) is 47.9 Å². The Morgan fingerprint density at radius 1 is 0.386 bits per heavy atom. The SMILES string of the molecule is c1ccc(-c2nc(-c3ccccc3-c3ccccc3)nc(-c3ccc(-c4ccc5c(c4)Oc4ccccc4C54C5CC6CC(C5)CC4C6)c4ccccc34)n2)cc1. The maximum Gasteiger partial charge on any atom is 0.164 e. The molecule has 13 rings (SSSR count). The molecule has 4 nitrogen and oxygen atoms in total. The fraction of sp³-hybridized carbons (Fsp3) is 0.189. The Hall–Kier alpha value is -6.39. The highest BCUT2D eigenvalue weighted by atomic mass is 16.5. The summed E-state index contributed by atoms with van der Waals surface area (Å²) >= 11 is 0. The summed E-state index contributed by atoms with van der Waals surface area (Å²) in [6.45, 7) is 0. The third-order valence-electron chi connectivity index (χ3n) is 13.8. The highest BCUT2D eigenvalue weighted by molar-refractivity contribution is 6.04. The fourth-order valence-corrected chi connectivity index (χ4v) is 11.7. The van der Waals surface area contributed by atoms with Gasteiger partial charge in [-0.2, -0.15) is 0 Å². The monoisotopic (exact) mass is 735 g/mol. The van der Waals surface area contributed by atoms with Gasteiger partial charge in [-0.3, -0.25) is 0 Å². The molecule has 4 aliphatic carbocycles. The van der Waals surface area contributed by atoms with Crippen LogP contribution in [0.3, 0.4) is 0 Å². The van der Waals surface area contributed by atoms with Crippen molar-refractivity contribution in [3.63, 3.8) is 0 Å². The van der Waals surface area contributed by atoms with Crippen LogP contribution >= 0.6 is 0 Å². The van der Waals surface area contributed by atoms with Crippen LogP contribution in [-0.4, -0.2) is 15.0 Å². The van der Waals surface area contributed by atoms with E-state index in [-0.39, 0.29) is 5.41 Å². The average Bonchev–Trinajstić information content (AvgIpc) is 3.27. The summed E-state index contributed by atoms with van der Waals surface area (Å²) in [6, 6.07) is 58.3. The molecule has 8 aromatic rings. The lowest BCUT2D eigenvalue weighted by atomic mass is 9.42. The van der Waals surface area contributed by atoms with E-state index in [4.69, 9.17) is 19.7 Å². The van der Waals surface area contributed by atoms with Gasteiger partial charge in [0.25, 0.3) is 0 Å². The van der Waals surface area contributed by atoms with Gasteiger partial charge in [0.1, 0.15) is 11.5 Å². The predicted molar refractivity (Wildman–Crippen MR) is 229 cm³/mol. The number of rotatable bonds is 5. The van der Waals surface area contributed by atoms with Crippen molar-refractivity contribution >= 4 is 10.8 Å². The first-order chi connectivity index (χ1) is 28.2. The van der Waals surface area contributed by atoms with Crippen molar-refractivity contribution in [2.24, 2.45) is 23.7 Å². The highest BCUT2D eigenvalue weighted by Crippen LogP contribution is 2.69. The molecule has 7 aromatic carbocycles. The van der Waals surface area contributed by atoms with E-state index >= 15 is 0 Å². The third-order valence-corrected chi connectivity index (χ3v) is 13.8. The number of nitrogens with zero attached hydrogens (tertiary/aromatic N) is 3. The predicted octanol–water partition coefficient (Wildman–Crippen LogP) is 13.2. The molecule has 0 saturated heterocycles. The van der Waals surface area contributed by atoms with Crippen molar-refractivity contribution in [1.29, 1.82) is 0 Å². The molecule has 0 radical (unpaired) electrons. The third kappa shape index (κ3) is 5.09. The summed E-state index contributed by atoms with van der Waals surface area (Å²) in [5.41, 5.74) is 10.3. The van der Waals surface area contributed by atoms with Crippen LogP contribution in [0.4, 0.5) is 0 Å². The Labute approximate surface area is 333 Å². The molecular formula is C53H41N3O. The van der Waals surface area contributed by atoms with E-state index in [9.17, 15) is 0 Å². The van der Waals surface area contributed by atoms with Gasteiger partial charge in [-0.15, -0.1) is 0 Å². The zero-order valence-corrected chi connectivity index (χ0v) is 31.7. The first-order valence-corrected chi connectivity index (χ1v) is 20.6. The number of para-hydroxylation sites is 1. The Kier molecular flexibility index (Phi) is 7.38. The summed E-state index contributed by atoms with van der Waals surface area (Å²) in [6.07, 6.45) is 6.82. The van der Waals surface area contributed by atoms with Gasteiger partial charge >= 0.3 is 0 Å². The molecular weight excluding hydrogens is 695 g/mol. The minimum absolute atomic E-state index is 0.0357. The van der Waals surface area contributed by atoms with Crippen LogP contribution in [-0.2, 0) is 5.41 Å². The maximum absolute atomic E-state index is 6.90. The molecule has 1 aromatic heterocycles. The van der Waals surface area contributed by atoms with Gasteiger partial charge in [-0.25, -0.2) is 15.0 Å². The van der Waals surface area contributed by atoms with Crippen LogP contribution in [0.25, 0.3) is 67.2 Å². The van der Waals surface area contributed by atoms with Gasteiger partial charge in [-0.05, 0) is 107 Å². The smallest absolute Gasteiger partial charge is 0.164 e. The molecule has 57 heavy (non-hydrogen) atoms. The number of ether oxygens (including phenoxy) is 1. The van der Waals surface area contributed by atoms with E-state index in [0.29, 0.717) is 29.3 Å². The van der Waals surface area contributed by atoms with Gasteiger partial charge in [0.2, 0.25) is 0 Å². The van der Waals surface area contributed by atoms with Gasteiger partial charge in [-0.1, -0.05) is 146 Å². The quantitative estimate of drug-likeness (QED) is 0.177. The van der Waals surface area contributed by atoms with Gasteiger partial charge in [0, 0.05) is 33.2 Å². The summed E-state index contributed by atoms with van der Waals surface area (Å²) in [4.78, 5) is 15.5. The van der Waals surface area contributed by atoms with Crippen LogP contribution in [0.2, 0.25) is 0 Å². The summed E-state index contributed by atoms with van der Waals surface area (Å²) in [5, 5.41) is 2.26. The lowest BCUT2D eigenvalue weighted by Crippen LogP contribution is -2.56. The van der Waals surface area contributed by atoms with E-state index in [2.05, 4.69) is 140 Å². The summed E-state index contributed by atoms with van der Waals surface area (Å²) in [5.74, 6) is 7.16. The first kappa shape index (κ1) is 32.8. The number of hydrogen-bond acceptors (Lipinski definition) is 4. The van der Waals surface area contributed by atoms with Crippen LogP contribution in [0.15, 0.2) is 164 Å². The Bertz CT molecular complexity index is 2820. The van der Waals surface area contributed by atoms with Crippen molar-refractivity contribution in [2.75, 3.05) is 0 Å². The second-order valence-electron chi connectivity index (χ2n) is 16.8. The fourth-order valence-electron chi connectivity index (χ4n) is 11.7. The Balaban J connectivity index is 1.01. The van der Waals surface area contributed by atoms with Crippen LogP contribution in [0.5, 0.6) is 11.5 Å². The van der Waals surface area contributed by atoms with Gasteiger partial charge in [0.15, 0.2) is 17.5 Å². The zero-order valence-electron chi connectivity index (χ0n) is 31.7. The van der Waals surface area contributed by atoms with E-state index in [0.717, 1.165) is 67.5 Å². The lowest BCUT2D eigenvalue weighted by Gasteiger charge is -2.63. The number of fused-ring (bicyclic) bond motifs is 3. The van der Waals surface area contributed by atoms with E-state index in [1.807, 2.05) is 24.3 Å². The normalized spacial score (nSPS) is 22.6. The van der Waals surface area contributed by atoms with Crippen molar-refractivity contribution in [1.82, 2.24) is 15.0 Å². The molecule has 0 atom stereocenters. The molecule has 4 heteroatoms. The van der Waals surface area contributed by atoms with Crippen molar-refractivity contribution in [2.45, 2.75) is 37.5 Å². The van der Waals surface area contributed by atoms with E-state index in [1.54, 1.807) is 0 Å². The second-order valence-corrected chi connectivity index (χ2v) is 16.8. The summed E-state index contributed by atoms with van der Waals surface area (Å²) in [7, 11) is 0. The molecule has 4 fully saturated rings. The standard InChI is InChI=1S/C53H41N3O/c1-3-13-35(14-4-1)40-17-7-10-20-44(40)51-54-50(36-15-5-2-6-16-36)55-52(56-51)45-25-24-41(42-18-8-9-19-43(42)45)37-23-26-47-49(32-37)57-48-22-12-11-21-46(48)53(47)38-28-33-27-34(30-38)31-39(53)29-33/h1-26,32-34,38-39H,27-31H2. The minimum atomic E-state index is 0.0357. The zero-order chi connectivity index (χ0) is 37.5. The molecule has 1 aliphatic heterocycles. The average molecular weight is 736 g/mol. The largest absolute Gasteiger partial charge is 0.457 e. The molecule has 4 saturated carbocycles. The van der Waals surface area contributed by atoms with Crippen LogP contribution in [0, 0.1) is 23.7 Å². The minimum Gasteiger partial charge on any atom is -0.457 e. The highest BCUT2D eigenvalue weighted by Gasteiger charge is 2.61. The molecule has 274 valence electrons. The molecule has 0 N–H and O–H groups in total. The number of benzene rings is 7. The summed E-state index contributed by atoms with van der Waals surface area (Å²) < 4.78 is 6.90. The second kappa shape index (κ2) is 12.8. The number of aromatic nitrogens is 3. The molecule has 0 unspecified atom stereocenters. The van der Waals surface area contributed by atoms with Crippen molar-refractivity contribution in [3.05, 3.63) is 175 Å². The first-order valence-electron chi connectivity index (χ1n) is 20.6. The molecule has 0 amide bonds. The van der Waals surface area contributed by atoms with Crippen LogP contribution < -0.4 is 4.74 Å². The van der Waals surface area contributed by atoms with E-state index < -0.39 is 0 Å². The Morgan fingerprint density at radius 2 is 0.930 bits per heavy atom. The Morgan fingerprint density at radius 3 is 1.67 bits per heavy atom. The van der Waals surface area contributed by atoms with Gasteiger partial charge in [0.05, 0.1) is 0 Å². The molecule has 4 bridgehead atoms. The van der Waals surface area contributed by atoms with Crippen molar-refractivity contribution in [3.8, 4) is 67.9 Å². The number of hydrogen-bond donors (Lipinski definition) is 0.